The van der Waals surface area contributed by atoms with Gasteiger partial charge in [-0.2, -0.15) is 0 Å². The van der Waals surface area contributed by atoms with E-state index in [1.165, 1.54) is 0 Å². The van der Waals surface area contributed by atoms with E-state index in [0.717, 1.165) is 6.42 Å². The van der Waals surface area contributed by atoms with Crippen LogP contribution in [0.1, 0.15) is 13.3 Å². The first-order chi connectivity index (χ1) is 5.79. The van der Waals surface area contributed by atoms with Crippen LogP contribution in [0, 0.1) is 6.29 Å². The van der Waals surface area contributed by atoms with Crippen molar-refractivity contribution < 1.29 is 18.9 Å². The molecule has 71 valence electrons. The van der Waals surface area contributed by atoms with Crippen LogP contribution in [0.15, 0.2) is 0 Å². The van der Waals surface area contributed by atoms with Crippen molar-refractivity contribution in [3.05, 3.63) is 6.29 Å². The molecule has 4 heteroatoms. The van der Waals surface area contributed by atoms with Gasteiger partial charge in [-0.1, -0.05) is 6.92 Å². The Labute approximate surface area is 72.7 Å². The molecule has 1 unspecified atom stereocenters. The average Bonchev–Trinajstić information content (AvgIpc) is 2.77. The van der Waals surface area contributed by atoms with Crippen LogP contribution in [0.4, 0.5) is 0 Å². The Morgan fingerprint density at radius 2 is 2.17 bits per heavy atom. The standard InChI is InChI=1S/C8H15O4/c1-4-5-11-7-8(10-3,12-7)6-9-2/h4-6H2,1-3H3. The lowest BCUT2D eigenvalue weighted by Crippen LogP contribution is -2.22. The fourth-order valence-electron chi connectivity index (χ4n) is 0.921. The monoisotopic (exact) mass is 175 g/mol. The second-order valence-corrected chi connectivity index (χ2v) is 2.63. The fraction of sp³-hybridized carbons (Fsp3) is 0.875. The van der Waals surface area contributed by atoms with Crippen molar-refractivity contribution in [3.63, 3.8) is 0 Å². The SMILES string of the molecule is CCCO[C]1OC1(COC)OC. The molecule has 0 amide bonds. The molecule has 1 aliphatic rings. The molecule has 0 aromatic heterocycles. The van der Waals surface area contributed by atoms with Crippen LogP contribution in [0.2, 0.25) is 0 Å². The first-order valence-corrected chi connectivity index (χ1v) is 4.02. The molecular formula is C8H15O4. The molecular weight excluding hydrogens is 160 g/mol. The predicted octanol–water partition coefficient (Wildman–Crippen LogP) is 0.922. The Bertz CT molecular complexity index is 137. The highest BCUT2D eigenvalue weighted by atomic mass is 16.9. The normalized spacial score (nSPS) is 29.2. The third kappa shape index (κ3) is 1.95. The van der Waals surface area contributed by atoms with E-state index in [1.807, 2.05) is 6.92 Å². The van der Waals surface area contributed by atoms with Crippen molar-refractivity contribution in [1.29, 1.82) is 0 Å². The van der Waals surface area contributed by atoms with E-state index in [4.69, 9.17) is 18.9 Å². The summed E-state index contributed by atoms with van der Waals surface area (Å²) in [6.45, 7) is 3.07. The summed E-state index contributed by atoms with van der Waals surface area (Å²) < 4.78 is 20.4. The van der Waals surface area contributed by atoms with Crippen molar-refractivity contribution in [2.24, 2.45) is 0 Å². The second-order valence-electron chi connectivity index (χ2n) is 2.63. The Morgan fingerprint density at radius 3 is 2.67 bits per heavy atom. The summed E-state index contributed by atoms with van der Waals surface area (Å²) in [5.74, 6) is -0.718. The molecule has 0 spiro atoms. The van der Waals surface area contributed by atoms with E-state index in [-0.39, 0.29) is 0 Å². The van der Waals surface area contributed by atoms with Crippen molar-refractivity contribution in [1.82, 2.24) is 0 Å². The van der Waals surface area contributed by atoms with Gasteiger partial charge in [-0.05, 0) is 6.42 Å². The quantitative estimate of drug-likeness (QED) is 0.563. The third-order valence-corrected chi connectivity index (χ3v) is 1.63. The summed E-state index contributed by atoms with van der Waals surface area (Å²) in [7, 11) is 3.17. The maximum absolute atomic E-state index is 5.25. The number of methoxy groups -OCH3 is 2. The van der Waals surface area contributed by atoms with Crippen LogP contribution in [0.5, 0.6) is 0 Å². The summed E-state index contributed by atoms with van der Waals surface area (Å²) >= 11 is 0. The highest BCUT2D eigenvalue weighted by Crippen LogP contribution is 2.45. The van der Waals surface area contributed by atoms with Crippen LogP contribution in [0.3, 0.4) is 0 Å². The van der Waals surface area contributed by atoms with Gasteiger partial charge in [0.25, 0.3) is 12.1 Å². The van der Waals surface area contributed by atoms with Gasteiger partial charge in [-0.15, -0.1) is 0 Å². The van der Waals surface area contributed by atoms with E-state index in [2.05, 4.69) is 0 Å². The summed E-state index contributed by atoms with van der Waals surface area (Å²) in [6, 6.07) is 0. The van der Waals surface area contributed by atoms with Crippen LogP contribution in [-0.2, 0) is 18.9 Å². The van der Waals surface area contributed by atoms with Crippen molar-refractivity contribution in [2.45, 2.75) is 19.1 Å². The molecule has 0 saturated carbocycles. The Balaban J connectivity index is 2.23. The van der Waals surface area contributed by atoms with E-state index < -0.39 is 5.79 Å². The maximum Gasteiger partial charge on any atom is 0.291 e. The zero-order chi connectivity index (χ0) is 9.03. The van der Waals surface area contributed by atoms with E-state index in [0.29, 0.717) is 19.5 Å². The number of epoxide rings is 1. The third-order valence-electron chi connectivity index (χ3n) is 1.63. The van der Waals surface area contributed by atoms with Gasteiger partial charge in [0.1, 0.15) is 6.61 Å². The number of hydrogen-bond donors (Lipinski definition) is 0. The predicted molar refractivity (Wildman–Crippen MR) is 42.2 cm³/mol. The van der Waals surface area contributed by atoms with Gasteiger partial charge in [0.05, 0.1) is 6.61 Å². The van der Waals surface area contributed by atoms with E-state index in [1.54, 1.807) is 14.2 Å². The Kier molecular flexibility index (Phi) is 3.46. The molecule has 0 N–H and O–H groups in total. The van der Waals surface area contributed by atoms with Crippen LogP contribution < -0.4 is 0 Å². The van der Waals surface area contributed by atoms with Crippen molar-refractivity contribution in [2.75, 3.05) is 27.4 Å². The van der Waals surface area contributed by atoms with E-state index >= 15 is 0 Å². The molecule has 0 aromatic rings. The highest BCUT2D eigenvalue weighted by molar-refractivity contribution is 5.04. The molecule has 1 rings (SSSR count). The molecule has 4 nitrogen and oxygen atoms in total. The molecule has 1 saturated heterocycles. The average molecular weight is 175 g/mol. The molecule has 12 heavy (non-hydrogen) atoms. The molecule has 0 bridgehead atoms. The summed E-state index contributed by atoms with van der Waals surface area (Å²) in [5, 5.41) is 0. The molecule has 0 aliphatic carbocycles. The van der Waals surface area contributed by atoms with E-state index in [9.17, 15) is 0 Å². The van der Waals surface area contributed by atoms with Crippen LogP contribution in [0.25, 0.3) is 0 Å². The Hall–Kier alpha value is -0.160. The van der Waals surface area contributed by atoms with Gasteiger partial charge in [0.15, 0.2) is 0 Å². The fourth-order valence-corrected chi connectivity index (χ4v) is 0.921. The van der Waals surface area contributed by atoms with Gasteiger partial charge >= 0.3 is 0 Å². The minimum absolute atomic E-state index is 0.378. The largest absolute Gasteiger partial charge is 0.379 e. The van der Waals surface area contributed by atoms with Gasteiger partial charge in [0, 0.05) is 14.2 Å². The number of ether oxygens (including phenoxy) is 4. The molecule has 1 atom stereocenters. The molecule has 1 heterocycles. The van der Waals surface area contributed by atoms with Crippen molar-refractivity contribution in [3.8, 4) is 0 Å². The lowest BCUT2D eigenvalue weighted by atomic mass is 10.4. The van der Waals surface area contributed by atoms with Gasteiger partial charge in [-0.3, -0.25) is 0 Å². The van der Waals surface area contributed by atoms with Gasteiger partial charge in [0.2, 0.25) is 0 Å². The molecule has 1 aliphatic heterocycles. The maximum atomic E-state index is 5.25. The number of hydrogen-bond acceptors (Lipinski definition) is 4. The second kappa shape index (κ2) is 4.18. The summed E-state index contributed by atoms with van der Waals surface area (Å²) in [4.78, 5) is 0. The first-order valence-electron chi connectivity index (χ1n) is 4.02. The van der Waals surface area contributed by atoms with Crippen molar-refractivity contribution >= 4 is 0 Å². The Morgan fingerprint density at radius 1 is 1.42 bits per heavy atom. The minimum atomic E-state index is -0.718. The highest BCUT2D eigenvalue weighted by Gasteiger charge is 2.61. The lowest BCUT2D eigenvalue weighted by Gasteiger charge is -2.07. The zero-order valence-electron chi connectivity index (χ0n) is 7.75. The minimum Gasteiger partial charge on any atom is -0.379 e. The number of rotatable bonds is 6. The molecule has 1 fully saturated rings. The molecule has 0 aromatic carbocycles. The zero-order valence-corrected chi connectivity index (χ0v) is 7.75. The van der Waals surface area contributed by atoms with Gasteiger partial charge in [-0.25, -0.2) is 0 Å². The van der Waals surface area contributed by atoms with Crippen LogP contribution in [-0.4, -0.2) is 33.2 Å². The topological polar surface area (TPSA) is 40.2 Å². The van der Waals surface area contributed by atoms with Gasteiger partial charge < -0.3 is 18.9 Å². The van der Waals surface area contributed by atoms with Crippen LogP contribution >= 0.6 is 0 Å². The summed E-state index contributed by atoms with van der Waals surface area (Å²) in [5.41, 5.74) is 0. The first kappa shape index (κ1) is 9.92. The smallest absolute Gasteiger partial charge is 0.291 e. The lowest BCUT2D eigenvalue weighted by molar-refractivity contribution is -0.0615. The molecule has 1 radical (unpaired) electrons. The summed E-state index contributed by atoms with van der Waals surface area (Å²) in [6.07, 6.45) is 1.49.